The maximum absolute atomic E-state index is 13.5. The van der Waals surface area contributed by atoms with Gasteiger partial charge in [-0.25, -0.2) is 9.07 Å². The SMILES string of the molecule is COc1cc(F)ccc1-c1ccc(=O)n(CC(=O)Nc2cccc3c2ccn3C)n1. The van der Waals surface area contributed by atoms with Crippen molar-refractivity contribution < 1.29 is 13.9 Å². The van der Waals surface area contributed by atoms with Gasteiger partial charge in [-0.2, -0.15) is 5.10 Å². The standard InChI is InChI=1S/C22H19FN4O3/c1-26-11-10-15-17(4-3-5-19(15)26)24-21(28)13-27-22(29)9-8-18(25-27)16-7-6-14(23)12-20(16)30-2/h3-12H,13H2,1-2H3,(H,24,28). The van der Waals surface area contributed by atoms with Crippen molar-refractivity contribution in [2.45, 2.75) is 6.54 Å². The third kappa shape index (κ3) is 3.67. The van der Waals surface area contributed by atoms with Crippen LogP contribution in [0.5, 0.6) is 5.75 Å². The number of ether oxygens (including phenoxy) is 1. The van der Waals surface area contributed by atoms with E-state index in [2.05, 4.69) is 10.4 Å². The van der Waals surface area contributed by atoms with Crippen LogP contribution in [0.15, 0.2) is 65.6 Å². The van der Waals surface area contributed by atoms with E-state index < -0.39 is 11.4 Å². The number of halogens is 1. The van der Waals surface area contributed by atoms with E-state index in [0.717, 1.165) is 15.6 Å². The van der Waals surface area contributed by atoms with Crippen LogP contribution in [-0.4, -0.2) is 27.4 Å². The molecule has 4 rings (SSSR count). The zero-order valence-corrected chi connectivity index (χ0v) is 16.4. The molecule has 2 heterocycles. The Kier molecular flexibility index (Phi) is 5.05. The largest absolute Gasteiger partial charge is 0.496 e. The van der Waals surface area contributed by atoms with Crippen LogP contribution >= 0.6 is 0 Å². The Morgan fingerprint density at radius 3 is 2.80 bits per heavy atom. The van der Waals surface area contributed by atoms with E-state index in [4.69, 9.17) is 4.74 Å². The molecule has 0 aliphatic carbocycles. The summed E-state index contributed by atoms with van der Waals surface area (Å²) in [7, 11) is 3.35. The van der Waals surface area contributed by atoms with Crippen molar-refractivity contribution in [3.8, 4) is 17.0 Å². The summed E-state index contributed by atoms with van der Waals surface area (Å²) in [6.45, 7) is -0.264. The van der Waals surface area contributed by atoms with Gasteiger partial charge < -0.3 is 14.6 Å². The molecule has 0 unspecified atom stereocenters. The predicted molar refractivity (Wildman–Crippen MR) is 112 cm³/mol. The number of nitrogens with one attached hydrogen (secondary N) is 1. The summed E-state index contributed by atoms with van der Waals surface area (Å²) in [5.41, 5.74) is 2.12. The molecule has 0 saturated heterocycles. The summed E-state index contributed by atoms with van der Waals surface area (Å²) in [6.07, 6.45) is 1.91. The molecule has 152 valence electrons. The fourth-order valence-electron chi connectivity index (χ4n) is 3.32. The Morgan fingerprint density at radius 2 is 2.00 bits per heavy atom. The third-order valence-electron chi connectivity index (χ3n) is 4.80. The molecule has 0 aliphatic heterocycles. The van der Waals surface area contributed by atoms with Gasteiger partial charge in [-0.1, -0.05) is 6.07 Å². The lowest BCUT2D eigenvalue weighted by Crippen LogP contribution is -2.29. The van der Waals surface area contributed by atoms with Crippen LogP contribution in [0.25, 0.3) is 22.2 Å². The number of hydrogen-bond acceptors (Lipinski definition) is 4. The molecule has 0 spiro atoms. The van der Waals surface area contributed by atoms with Crippen LogP contribution < -0.4 is 15.6 Å². The van der Waals surface area contributed by atoms with E-state index >= 15 is 0 Å². The van der Waals surface area contributed by atoms with Gasteiger partial charge in [0, 0.05) is 41.8 Å². The van der Waals surface area contributed by atoms with Gasteiger partial charge in [0.25, 0.3) is 5.56 Å². The molecule has 2 aromatic heterocycles. The number of rotatable bonds is 5. The Hall–Kier alpha value is -3.94. The molecule has 0 atom stereocenters. The van der Waals surface area contributed by atoms with E-state index in [9.17, 15) is 14.0 Å². The first kappa shape index (κ1) is 19.4. The molecule has 0 bridgehead atoms. The zero-order valence-electron chi connectivity index (χ0n) is 16.4. The monoisotopic (exact) mass is 406 g/mol. The van der Waals surface area contributed by atoms with Crippen LogP contribution in [0.2, 0.25) is 0 Å². The Labute approximate surface area is 171 Å². The summed E-state index contributed by atoms with van der Waals surface area (Å²) in [5, 5.41) is 8.00. The molecule has 2 aromatic carbocycles. The lowest BCUT2D eigenvalue weighted by molar-refractivity contribution is -0.117. The van der Waals surface area contributed by atoms with Crippen molar-refractivity contribution in [2.75, 3.05) is 12.4 Å². The Morgan fingerprint density at radius 1 is 1.17 bits per heavy atom. The van der Waals surface area contributed by atoms with Gasteiger partial charge in [0.1, 0.15) is 18.1 Å². The van der Waals surface area contributed by atoms with E-state index in [0.29, 0.717) is 16.9 Å². The number of amides is 1. The molecule has 30 heavy (non-hydrogen) atoms. The number of benzene rings is 2. The lowest BCUT2D eigenvalue weighted by atomic mass is 10.1. The smallest absolute Gasteiger partial charge is 0.267 e. The summed E-state index contributed by atoms with van der Waals surface area (Å²) < 4.78 is 21.7. The number of aromatic nitrogens is 3. The molecule has 4 aromatic rings. The van der Waals surface area contributed by atoms with E-state index in [1.165, 1.54) is 37.4 Å². The molecule has 8 heteroatoms. The molecule has 0 radical (unpaired) electrons. The second kappa shape index (κ2) is 7.82. The van der Waals surface area contributed by atoms with Crippen molar-refractivity contribution in [1.29, 1.82) is 0 Å². The normalized spacial score (nSPS) is 10.9. The van der Waals surface area contributed by atoms with Gasteiger partial charge in [0.15, 0.2) is 0 Å². The highest BCUT2D eigenvalue weighted by Gasteiger charge is 2.13. The highest BCUT2D eigenvalue weighted by atomic mass is 19.1. The third-order valence-corrected chi connectivity index (χ3v) is 4.80. The molecule has 1 amide bonds. The Bertz CT molecular complexity index is 1310. The van der Waals surface area contributed by atoms with Crippen LogP contribution in [-0.2, 0) is 18.4 Å². The van der Waals surface area contributed by atoms with Gasteiger partial charge in [0.2, 0.25) is 5.91 Å². The van der Waals surface area contributed by atoms with Gasteiger partial charge >= 0.3 is 0 Å². The van der Waals surface area contributed by atoms with Gasteiger partial charge in [0.05, 0.1) is 18.5 Å². The molecular weight excluding hydrogens is 387 g/mol. The molecule has 7 nitrogen and oxygen atoms in total. The first-order valence-corrected chi connectivity index (χ1v) is 9.22. The maximum Gasteiger partial charge on any atom is 0.267 e. The number of methoxy groups -OCH3 is 1. The lowest BCUT2D eigenvalue weighted by Gasteiger charge is -2.11. The second-order valence-electron chi connectivity index (χ2n) is 6.77. The number of carbonyl (C=O) groups is 1. The number of hydrogen-bond donors (Lipinski definition) is 1. The number of aryl methyl sites for hydroxylation is 1. The molecule has 0 aliphatic rings. The average Bonchev–Trinajstić information content (AvgIpc) is 3.11. The van der Waals surface area contributed by atoms with Gasteiger partial charge in [-0.3, -0.25) is 9.59 Å². The van der Waals surface area contributed by atoms with Crippen LogP contribution in [0.1, 0.15) is 0 Å². The van der Waals surface area contributed by atoms with Crippen LogP contribution in [0.4, 0.5) is 10.1 Å². The minimum absolute atomic E-state index is 0.264. The zero-order chi connectivity index (χ0) is 21.3. The van der Waals surface area contributed by atoms with Crippen molar-refractivity contribution in [3.63, 3.8) is 0 Å². The van der Waals surface area contributed by atoms with E-state index in [1.54, 1.807) is 6.07 Å². The highest BCUT2D eigenvalue weighted by Crippen LogP contribution is 2.28. The van der Waals surface area contributed by atoms with E-state index in [-0.39, 0.29) is 18.2 Å². The first-order chi connectivity index (χ1) is 14.5. The molecule has 0 saturated carbocycles. The Balaban J connectivity index is 1.61. The molecule has 0 fully saturated rings. The maximum atomic E-state index is 13.5. The van der Waals surface area contributed by atoms with Crippen molar-refractivity contribution in [2.24, 2.45) is 7.05 Å². The van der Waals surface area contributed by atoms with E-state index in [1.807, 2.05) is 36.0 Å². The van der Waals surface area contributed by atoms with Crippen molar-refractivity contribution >= 4 is 22.5 Å². The van der Waals surface area contributed by atoms with Crippen molar-refractivity contribution in [1.82, 2.24) is 14.3 Å². The average molecular weight is 406 g/mol. The number of carbonyl (C=O) groups excluding carboxylic acids is 1. The number of nitrogens with zero attached hydrogens (tertiary/aromatic N) is 3. The number of anilines is 1. The molecule has 1 N–H and O–H groups in total. The second-order valence-corrected chi connectivity index (χ2v) is 6.77. The van der Waals surface area contributed by atoms with Crippen LogP contribution in [0.3, 0.4) is 0 Å². The summed E-state index contributed by atoms with van der Waals surface area (Å²) in [5.74, 6) is -0.546. The predicted octanol–water partition coefficient (Wildman–Crippen LogP) is 3.19. The highest BCUT2D eigenvalue weighted by molar-refractivity contribution is 6.01. The minimum Gasteiger partial charge on any atom is -0.496 e. The van der Waals surface area contributed by atoms with Gasteiger partial charge in [-0.15, -0.1) is 0 Å². The van der Waals surface area contributed by atoms with Crippen LogP contribution in [0, 0.1) is 5.82 Å². The summed E-state index contributed by atoms with van der Waals surface area (Å²) >= 11 is 0. The number of fused-ring (bicyclic) bond motifs is 1. The molecular formula is C22H19FN4O3. The minimum atomic E-state index is -0.446. The quantitative estimate of drug-likeness (QED) is 0.552. The van der Waals surface area contributed by atoms with Gasteiger partial charge in [-0.05, 0) is 36.4 Å². The first-order valence-electron chi connectivity index (χ1n) is 9.22. The topological polar surface area (TPSA) is 78.1 Å². The fourth-order valence-corrected chi connectivity index (χ4v) is 3.32. The fraction of sp³-hybridized carbons (Fsp3) is 0.136. The summed E-state index contributed by atoms with van der Waals surface area (Å²) in [6, 6.07) is 14.4. The van der Waals surface area contributed by atoms with Crippen molar-refractivity contribution in [3.05, 3.63) is 77.0 Å². The summed E-state index contributed by atoms with van der Waals surface area (Å²) in [4.78, 5) is 24.8.